The molecule has 0 aliphatic heterocycles. The van der Waals surface area contributed by atoms with Crippen molar-refractivity contribution in [3.05, 3.63) is 108 Å². The lowest BCUT2D eigenvalue weighted by Crippen LogP contribution is -1.95. The fourth-order valence-electron chi connectivity index (χ4n) is 4.83. The van der Waals surface area contributed by atoms with E-state index in [-0.39, 0.29) is 5.75 Å². The van der Waals surface area contributed by atoms with Crippen LogP contribution in [0.15, 0.2) is 97.1 Å². The van der Waals surface area contributed by atoms with Gasteiger partial charge in [0.05, 0.1) is 0 Å². The Balaban J connectivity index is 1.54. The van der Waals surface area contributed by atoms with Crippen molar-refractivity contribution >= 4 is 43.1 Å². The Kier molecular flexibility index (Phi) is 4.26. The highest BCUT2D eigenvalue weighted by Crippen LogP contribution is 2.40. The van der Waals surface area contributed by atoms with E-state index in [0.717, 1.165) is 21.7 Å². The average molecular weight is 415 g/mol. The summed E-state index contributed by atoms with van der Waals surface area (Å²) in [5, 5.41) is 20.2. The van der Waals surface area contributed by atoms with E-state index in [4.69, 9.17) is 4.74 Å². The van der Waals surface area contributed by atoms with Crippen molar-refractivity contribution < 1.29 is 9.84 Å². The number of rotatable bonds is 3. The minimum absolute atomic E-state index is 0.164. The van der Waals surface area contributed by atoms with Crippen LogP contribution >= 0.6 is 0 Å². The van der Waals surface area contributed by atoms with Gasteiger partial charge in [-0.05, 0) is 73.3 Å². The number of hydrogen-bond donors (Lipinski definition) is 1. The molecule has 6 aromatic rings. The Morgan fingerprint density at radius 1 is 0.625 bits per heavy atom. The fraction of sp³-hybridized carbons (Fsp3) is 0.0667. The minimum Gasteiger partial charge on any atom is -0.504 e. The predicted octanol–water partition coefficient (Wildman–Crippen LogP) is 7.89. The fourth-order valence-corrected chi connectivity index (χ4v) is 4.83. The number of phenols is 1. The van der Waals surface area contributed by atoms with Gasteiger partial charge < -0.3 is 9.84 Å². The van der Waals surface area contributed by atoms with Crippen LogP contribution in [0.3, 0.4) is 0 Å². The molecule has 0 spiro atoms. The summed E-state index contributed by atoms with van der Waals surface area (Å²) in [7, 11) is 0. The van der Waals surface area contributed by atoms with Gasteiger partial charge >= 0.3 is 0 Å². The van der Waals surface area contributed by atoms with Crippen molar-refractivity contribution in [2.45, 2.75) is 13.5 Å². The topological polar surface area (TPSA) is 29.5 Å². The second-order valence-electron chi connectivity index (χ2n) is 8.38. The molecule has 0 unspecified atom stereocenters. The molecule has 0 saturated carbocycles. The molecule has 0 fully saturated rings. The van der Waals surface area contributed by atoms with E-state index in [0.29, 0.717) is 12.4 Å². The van der Waals surface area contributed by atoms with E-state index in [2.05, 4.69) is 61.5 Å². The van der Waals surface area contributed by atoms with Crippen molar-refractivity contribution in [3.63, 3.8) is 0 Å². The van der Waals surface area contributed by atoms with Crippen LogP contribution in [-0.2, 0) is 6.61 Å². The van der Waals surface area contributed by atoms with E-state index in [9.17, 15) is 5.11 Å². The molecule has 6 rings (SSSR count). The summed E-state index contributed by atoms with van der Waals surface area (Å²) in [6.45, 7) is 2.58. The first-order chi connectivity index (χ1) is 15.7. The lowest BCUT2D eigenvalue weighted by Gasteiger charge is -2.15. The monoisotopic (exact) mass is 414 g/mol. The number of hydrogen-bond acceptors (Lipinski definition) is 2. The zero-order chi connectivity index (χ0) is 21.7. The van der Waals surface area contributed by atoms with Crippen molar-refractivity contribution in [1.29, 1.82) is 0 Å². The first-order valence-electron chi connectivity index (χ1n) is 10.9. The largest absolute Gasteiger partial charge is 0.504 e. The minimum atomic E-state index is 0.164. The third-order valence-corrected chi connectivity index (χ3v) is 6.35. The van der Waals surface area contributed by atoms with Crippen LogP contribution in [0, 0.1) is 6.92 Å². The normalized spacial score (nSPS) is 11.5. The van der Waals surface area contributed by atoms with E-state index >= 15 is 0 Å². The van der Waals surface area contributed by atoms with Crippen LogP contribution in [0.1, 0.15) is 11.1 Å². The van der Waals surface area contributed by atoms with E-state index in [1.165, 1.54) is 32.5 Å². The van der Waals surface area contributed by atoms with E-state index in [1.54, 1.807) is 0 Å². The number of aryl methyl sites for hydroxylation is 1. The maximum absolute atomic E-state index is 10.7. The van der Waals surface area contributed by atoms with Gasteiger partial charge in [-0.3, -0.25) is 0 Å². The van der Waals surface area contributed by atoms with Gasteiger partial charge in [0.1, 0.15) is 6.61 Å². The van der Waals surface area contributed by atoms with Crippen molar-refractivity contribution in [2.75, 3.05) is 0 Å². The standard InChI is InChI=1S/C30H22O2/c1-19-15-22-16-29(32-18-20-7-3-2-4-8-20)28(31)17-27(22)26-14-13-24-23-10-6-5-9-21(23)11-12-25(24)30(19)26/h2-17,31H,18H2,1H3. The molecular formula is C30H22O2. The Morgan fingerprint density at radius 3 is 2.22 bits per heavy atom. The Morgan fingerprint density at radius 2 is 1.34 bits per heavy atom. The second kappa shape index (κ2) is 7.28. The van der Waals surface area contributed by atoms with Gasteiger partial charge in [0.25, 0.3) is 0 Å². The van der Waals surface area contributed by atoms with Crippen molar-refractivity contribution in [3.8, 4) is 11.5 Å². The van der Waals surface area contributed by atoms with Gasteiger partial charge in [-0.2, -0.15) is 0 Å². The Bertz CT molecular complexity index is 1630. The SMILES string of the molecule is Cc1cc2cc(OCc3ccccc3)c(O)cc2c2ccc3c4ccccc4ccc3c12. The third-order valence-electron chi connectivity index (χ3n) is 6.35. The van der Waals surface area contributed by atoms with Crippen LogP contribution in [0.5, 0.6) is 11.5 Å². The summed E-state index contributed by atoms with van der Waals surface area (Å²) in [6, 6.07) is 33.3. The summed E-state index contributed by atoms with van der Waals surface area (Å²) in [4.78, 5) is 0. The zero-order valence-electron chi connectivity index (χ0n) is 17.8. The molecule has 2 nitrogen and oxygen atoms in total. The molecule has 0 aliphatic carbocycles. The summed E-state index contributed by atoms with van der Waals surface area (Å²) in [5.74, 6) is 0.670. The second-order valence-corrected chi connectivity index (χ2v) is 8.38. The number of phenolic OH excluding ortho intramolecular Hbond substituents is 1. The Hall–Kier alpha value is -4.04. The smallest absolute Gasteiger partial charge is 0.162 e. The van der Waals surface area contributed by atoms with Gasteiger partial charge in [0.15, 0.2) is 11.5 Å². The number of benzene rings is 6. The highest BCUT2D eigenvalue weighted by atomic mass is 16.5. The molecule has 0 atom stereocenters. The molecular weight excluding hydrogens is 392 g/mol. The third kappa shape index (κ3) is 2.96. The van der Waals surface area contributed by atoms with Crippen molar-refractivity contribution in [2.24, 2.45) is 0 Å². The van der Waals surface area contributed by atoms with Gasteiger partial charge in [-0.1, -0.05) is 84.9 Å². The van der Waals surface area contributed by atoms with Gasteiger partial charge in [-0.25, -0.2) is 0 Å². The molecule has 6 aromatic carbocycles. The molecule has 0 radical (unpaired) electrons. The quantitative estimate of drug-likeness (QED) is 0.298. The van der Waals surface area contributed by atoms with Crippen LogP contribution < -0.4 is 4.74 Å². The lowest BCUT2D eigenvalue weighted by molar-refractivity contribution is 0.289. The summed E-state index contributed by atoms with van der Waals surface area (Å²) in [5.41, 5.74) is 2.29. The van der Waals surface area contributed by atoms with Gasteiger partial charge in [-0.15, -0.1) is 0 Å². The summed E-state index contributed by atoms with van der Waals surface area (Å²) >= 11 is 0. The van der Waals surface area contributed by atoms with Crippen LogP contribution in [0.2, 0.25) is 0 Å². The zero-order valence-corrected chi connectivity index (χ0v) is 17.8. The molecule has 32 heavy (non-hydrogen) atoms. The summed E-state index contributed by atoms with van der Waals surface area (Å²) in [6.07, 6.45) is 0. The molecule has 0 saturated heterocycles. The van der Waals surface area contributed by atoms with Crippen molar-refractivity contribution in [1.82, 2.24) is 0 Å². The highest BCUT2D eigenvalue weighted by molar-refractivity contribution is 6.23. The van der Waals surface area contributed by atoms with E-state index < -0.39 is 0 Å². The maximum atomic E-state index is 10.7. The molecule has 0 heterocycles. The number of fused-ring (bicyclic) bond motifs is 7. The van der Waals surface area contributed by atoms with Gasteiger partial charge in [0.2, 0.25) is 0 Å². The molecule has 1 N–H and O–H groups in total. The molecule has 0 aromatic heterocycles. The first-order valence-corrected chi connectivity index (χ1v) is 10.9. The maximum Gasteiger partial charge on any atom is 0.162 e. The van der Waals surface area contributed by atoms with Crippen LogP contribution in [-0.4, -0.2) is 5.11 Å². The lowest BCUT2D eigenvalue weighted by atomic mass is 9.91. The van der Waals surface area contributed by atoms with Gasteiger partial charge in [0, 0.05) is 0 Å². The average Bonchev–Trinajstić information content (AvgIpc) is 2.83. The Labute approximate surface area is 186 Å². The van der Waals surface area contributed by atoms with E-state index in [1.807, 2.05) is 42.5 Å². The number of ether oxygens (including phenoxy) is 1. The first kappa shape index (κ1) is 18.7. The molecule has 0 aliphatic rings. The number of aromatic hydroxyl groups is 1. The molecule has 0 amide bonds. The van der Waals surface area contributed by atoms with Crippen LogP contribution in [0.25, 0.3) is 43.1 Å². The predicted molar refractivity (Wildman–Crippen MR) is 134 cm³/mol. The van der Waals surface area contributed by atoms with Crippen LogP contribution in [0.4, 0.5) is 0 Å². The molecule has 154 valence electrons. The molecule has 0 bridgehead atoms. The highest BCUT2D eigenvalue weighted by Gasteiger charge is 2.13. The molecule has 2 heteroatoms. The summed E-state index contributed by atoms with van der Waals surface area (Å²) < 4.78 is 5.95.